The van der Waals surface area contributed by atoms with Gasteiger partial charge in [-0.15, -0.1) is 0 Å². The zero-order chi connectivity index (χ0) is 27.2. The zero-order valence-corrected chi connectivity index (χ0v) is 23.4. The Morgan fingerprint density at radius 1 is 1.11 bits per heavy atom. The summed E-state index contributed by atoms with van der Waals surface area (Å²) in [6.07, 6.45) is 11.8. The topological polar surface area (TPSA) is 94.5 Å². The molecule has 2 bridgehead atoms. The van der Waals surface area contributed by atoms with Gasteiger partial charge in [-0.1, -0.05) is 49.8 Å². The monoisotopic (exact) mass is 528 g/mol. The van der Waals surface area contributed by atoms with Gasteiger partial charge < -0.3 is 29.2 Å². The highest BCUT2D eigenvalue weighted by atomic mass is 16.7. The molecule has 0 saturated carbocycles. The smallest absolute Gasteiger partial charge is 0.316 e. The lowest BCUT2D eigenvalue weighted by molar-refractivity contribution is -0.332. The number of hydrogen-bond donors (Lipinski definition) is 2. The first-order chi connectivity index (χ1) is 18.0. The third-order valence-corrected chi connectivity index (χ3v) is 9.30. The minimum atomic E-state index is -1.68. The van der Waals surface area contributed by atoms with Crippen LogP contribution in [-0.4, -0.2) is 64.7 Å². The van der Waals surface area contributed by atoms with Crippen LogP contribution in [0.2, 0.25) is 0 Å². The third-order valence-electron chi connectivity index (χ3n) is 9.30. The maximum atomic E-state index is 13.8. The van der Waals surface area contributed by atoms with E-state index in [2.05, 4.69) is 39.8 Å². The molecule has 10 atom stereocenters. The highest BCUT2D eigenvalue weighted by Crippen LogP contribution is 2.47. The molecule has 5 rings (SSSR count). The number of fused-ring (bicyclic) bond motifs is 2. The SMILES string of the molecule is CC1=C[C@@H]2C(=O)O[C@H]3C[C@H](C/C=C(\C)C[C@@H](C)/C=C/C=C4\CO[C@H]([C@H]1O)[C@]42O)O[C@@]1(CC[C@H](C)[C@@H](C)O1)C3. The largest absolute Gasteiger partial charge is 0.462 e. The standard InChI is InChI=1S/C31H44O7/c1-18-7-6-8-23-17-35-28-27(32)21(4)14-26(31(23,28)34)29(33)36-25-15-24(10-9-19(2)13-18)38-30(16-25)12-11-20(3)22(5)37-30/h6-9,14,18,20,22,24-28,32,34H,10-13,15-17H2,1-5H3/b7-6+,19-9+,23-8+/t18-,20-,22+,24-,25-,26+,27-,28+,30-,31-/m0/s1. The third kappa shape index (κ3) is 5.20. The lowest BCUT2D eigenvalue weighted by Crippen LogP contribution is -2.58. The number of rotatable bonds is 0. The molecule has 3 saturated heterocycles. The molecule has 0 aromatic rings. The van der Waals surface area contributed by atoms with Gasteiger partial charge in [-0.3, -0.25) is 4.79 Å². The number of aliphatic hydroxyl groups excluding tert-OH is 1. The van der Waals surface area contributed by atoms with Gasteiger partial charge in [0.1, 0.15) is 29.8 Å². The number of ether oxygens (including phenoxy) is 4. The molecule has 4 heterocycles. The molecule has 210 valence electrons. The van der Waals surface area contributed by atoms with Crippen LogP contribution < -0.4 is 0 Å². The van der Waals surface area contributed by atoms with Gasteiger partial charge in [-0.05, 0) is 63.0 Å². The van der Waals surface area contributed by atoms with Gasteiger partial charge in [0, 0.05) is 19.3 Å². The molecule has 0 unspecified atom stereocenters. The van der Waals surface area contributed by atoms with Gasteiger partial charge in [0.25, 0.3) is 0 Å². The van der Waals surface area contributed by atoms with Crippen molar-refractivity contribution in [3.8, 4) is 0 Å². The molecule has 0 amide bonds. The molecule has 2 N–H and O–H groups in total. The predicted molar refractivity (Wildman–Crippen MR) is 143 cm³/mol. The van der Waals surface area contributed by atoms with Gasteiger partial charge in [-0.2, -0.15) is 0 Å². The molecule has 7 nitrogen and oxygen atoms in total. The minimum Gasteiger partial charge on any atom is -0.462 e. The summed E-state index contributed by atoms with van der Waals surface area (Å²) in [5.74, 6) is -1.53. The molecule has 0 aromatic heterocycles. The lowest BCUT2D eigenvalue weighted by atomic mass is 9.71. The van der Waals surface area contributed by atoms with Crippen LogP contribution in [0.4, 0.5) is 0 Å². The first kappa shape index (κ1) is 27.8. The van der Waals surface area contributed by atoms with Crippen molar-refractivity contribution < 1.29 is 34.0 Å². The Morgan fingerprint density at radius 2 is 1.89 bits per heavy atom. The maximum Gasteiger partial charge on any atom is 0.316 e. The molecular weight excluding hydrogens is 484 g/mol. The summed E-state index contributed by atoms with van der Waals surface area (Å²) in [5.41, 5.74) is 0.783. The van der Waals surface area contributed by atoms with Gasteiger partial charge in [0.15, 0.2) is 5.79 Å². The van der Waals surface area contributed by atoms with Crippen LogP contribution in [0.25, 0.3) is 0 Å². The zero-order valence-electron chi connectivity index (χ0n) is 23.4. The Kier molecular flexibility index (Phi) is 7.79. The molecule has 1 aliphatic carbocycles. The van der Waals surface area contributed by atoms with E-state index >= 15 is 0 Å². The average Bonchev–Trinajstić information content (AvgIpc) is 3.19. The number of aliphatic hydroxyl groups is 2. The van der Waals surface area contributed by atoms with Crippen molar-refractivity contribution >= 4 is 5.97 Å². The van der Waals surface area contributed by atoms with Gasteiger partial charge in [-0.25, -0.2) is 0 Å². The Labute approximate surface area is 226 Å². The second-order valence-corrected chi connectivity index (χ2v) is 12.4. The van der Waals surface area contributed by atoms with E-state index in [4.69, 9.17) is 18.9 Å². The summed E-state index contributed by atoms with van der Waals surface area (Å²) >= 11 is 0. The Morgan fingerprint density at radius 3 is 2.66 bits per heavy atom. The molecule has 38 heavy (non-hydrogen) atoms. The van der Waals surface area contributed by atoms with Gasteiger partial charge in [0.05, 0.1) is 18.8 Å². The van der Waals surface area contributed by atoms with Crippen LogP contribution in [0.3, 0.4) is 0 Å². The van der Waals surface area contributed by atoms with Crippen LogP contribution in [0.15, 0.2) is 47.1 Å². The van der Waals surface area contributed by atoms with Crippen molar-refractivity contribution in [1.82, 2.24) is 0 Å². The van der Waals surface area contributed by atoms with E-state index in [-0.39, 0.29) is 18.8 Å². The quantitative estimate of drug-likeness (QED) is 0.352. The molecule has 5 aliphatic rings. The summed E-state index contributed by atoms with van der Waals surface area (Å²) in [7, 11) is 0. The summed E-state index contributed by atoms with van der Waals surface area (Å²) in [5, 5.41) is 22.8. The molecular formula is C31H44O7. The first-order valence-corrected chi connectivity index (χ1v) is 14.3. The first-order valence-electron chi connectivity index (χ1n) is 14.3. The average molecular weight is 529 g/mol. The van der Waals surface area contributed by atoms with Crippen molar-refractivity contribution in [3.05, 3.63) is 47.1 Å². The molecule has 4 aliphatic heterocycles. The van der Waals surface area contributed by atoms with Gasteiger partial charge in [0.2, 0.25) is 0 Å². The number of allylic oxidation sites excluding steroid dienone is 4. The van der Waals surface area contributed by atoms with Crippen LogP contribution >= 0.6 is 0 Å². The molecule has 3 fully saturated rings. The van der Waals surface area contributed by atoms with E-state index in [0.29, 0.717) is 35.8 Å². The fourth-order valence-corrected chi connectivity index (χ4v) is 6.85. The maximum absolute atomic E-state index is 13.8. The van der Waals surface area contributed by atoms with Crippen molar-refractivity contribution in [1.29, 1.82) is 0 Å². The van der Waals surface area contributed by atoms with E-state index in [0.717, 1.165) is 25.7 Å². The Bertz CT molecular complexity index is 1040. The normalized spacial score (nSPS) is 49.7. The van der Waals surface area contributed by atoms with E-state index in [1.54, 1.807) is 13.0 Å². The second-order valence-electron chi connectivity index (χ2n) is 12.4. The fourth-order valence-electron chi connectivity index (χ4n) is 6.85. The van der Waals surface area contributed by atoms with Crippen molar-refractivity contribution in [2.75, 3.05) is 6.61 Å². The second kappa shape index (κ2) is 10.7. The van der Waals surface area contributed by atoms with E-state index in [1.165, 1.54) is 5.57 Å². The molecule has 0 radical (unpaired) electrons. The number of hydrogen-bond acceptors (Lipinski definition) is 7. The summed E-state index contributed by atoms with van der Waals surface area (Å²) in [6.45, 7) is 10.5. The molecule has 7 heteroatoms. The highest BCUT2D eigenvalue weighted by molar-refractivity contribution is 5.78. The van der Waals surface area contributed by atoms with Crippen LogP contribution in [-0.2, 0) is 23.7 Å². The summed E-state index contributed by atoms with van der Waals surface area (Å²) < 4.78 is 25.2. The van der Waals surface area contributed by atoms with Crippen LogP contribution in [0, 0.1) is 17.8 Å². The lowest BCUT2D eigenvalue weighted by Gasteiger charge is -2.49. The highest BCUT2D eigenvalue weighted by Gasteiger charge is 2.60. The Hall–Kier alpha value is -1.77. The van der Waals surface area contributed by atoms with Crippen LogP contribution in [0.5, 0.6) is 0 Å². The van der Waals surface area contributed by atoms with Crippen molar-refractivity contribution in [2.45, 2.75) is 115 Å². The minimum absolute atomic E-state index is 0.0526. The fraction of sp³-hybridized carbons (Fsp3) is 0.710. The predicted octanol–water partition coefficient (Wildman–Crippen LogP) is 4.53. The number of carbonyl (C=O) groups excluding carboxylic acids is 1. The van der Waals surface area contributed by atoms with E-state index < -0.39 is 41.6 Å². The van der Waals surface area contributed by atoms with Crippen LogP contribution in [0.1, 0.15) is 73.1 Å². The van der Waals surface area contributed by atoms with E-state index in [9.17, 15) is 15.0 Å². The molecule has 0 aromatic carbocycles. The summed E-state index contributed by atoms with van der Waals surface area (Å²) in [4.78, 5) is 13.8. The van der Waals surface area contributed by atoms with Gasteiger partial charge >= 0.3 is 5.97 Å². The van der Waals surface area contributed by atoms with Crippen molar-refractivity contribution in [2.24, 2.45) is 17.8 Å². The molecule has 1 spiro atoms. The Balaban J connectivity index is 1.51. The van der Waals surface area contributed by atoms with Crippen molar-refractivity contribution in [3.63, 3.8) is 0 Å². The summed E-state index contributed by atoms with van der Waals surface area (Å²) in [6, 6.07) is 0. The number of carbonyl (C=O) groups is 1. The van der Waals surface area contributed by atoms with E-state index in [1.807, 2.05) is 12.2 Å². The number of esters is 1.